The first kappa shape index (κ1) is 36.6. The fraction of sp³-hybridized carbons (Fsp3) is 0.583. The summed E-state index contributed by atoms with van der Waals surface area (Å²) >= 11 is 0. The summed E-state index contributed by atoms with van der Waals surface area (Å²) < 4.78 is 5.54. The van der Waals surface area contributed by atoms with Crippen LogP contribution in [0.2, 0.25) is 0 Å². The lowest BCUT2D eigenvalue weighted by Gasteiger charge is -2.35. The number of hydrogen-bond donors (Lipinski definition) is 3. The number of rotatable bonds is 18. The smallest absolute Gasteiger partial charge is 0.408 e. The SMILES string of the molecule is CCCCCCCCN(C(=O)C(Cc1ccc(O)cc1)NC(=O)OC(C)(C)C)C(C(=O)NCCCCC)c1ccccc1C. The van der Waals surface area contributed by atoms with Crippen LogP contribution in [0.25, 0.3) is 0 Å². The van der Waals surface area contributed by atoms with Gasteiger partial charge in [0.2, 0.25) is 11.8 Å². The van der Waals surface area contributed by atoms with Gasteiger partial charge in [0.1, 0.15) is 23.4 Å². The number of ether oxygens (including phenoxy) is 1. The average molecular weight is 610 g/mol. The number of carbonyl (C=O) groups is 3. The first-order chi connectivity index (χ1) is 21.0. The summed E-state index contributed by atoms with van der Waals surface area (Å²) in [4.78, 5) is 43.2. The highest BCUT2D eigenvalue weighted by atomic mass is 16.6. The van der Waals surface area contributed by atoms with E-state index in [1.807, 2.05) is 31.2 Å². The van der Waals surface area contributed by atoms with E-state index in [1.54, 1.807) is 49.9 Å². The predicted octanol–water partition coefficient (Wildman–Crippen LogP) is 7.37. The third kappa shape index (κ3) is 13.0. The fourth-order valence-corrected chi connectivity index (χ4v) is 5.17. The Morgan fingerprint density at radius 2 is 1.48 bits per heavy atom. The van der Waals surface area contributed by atoms with Crippen molar-refractivity contribution < 1.29 is 24.2 Å². The van der Waals surface area contributed by atoms with E-state index in [4.69, 9.17) is 4.74 Å². The lowest BCUT2D eigenvalue weighted by Crippen LogP contribution is -2.54. The van der Waals surface area contributed by atoms with Crippen molar-refractivity contribution in [3.8, 4) is 5.75 Å². The van der Waals surface area contributed by atoms with Crippen LogP contribution in [0.4, 0.5) is 4.79 Å². The van der Waals surface area contributed by atoms with Gasteiger partial charge in [0.25, 0.3) is 0 Å². The molecule has 0 aliphatic heterocycles. The van der Waals surface area contributed by atoms with Crippen molar-refractivity contribution >= 4 is 17.9 Å². The zero-order valence-electron chi connectivity index (χ0n) is 27.8. The van der Waals surface area contributed by atoms with E-state index in [9.17, 15) is 19.5 Å². The van der Waals surface area contributed by atoms with Gasteiger partial charge in [-0.3, -0.25) is 9.59 Å². The van der Waals surface area contributed by atoms with E-state index in [-0.39, 0.29) is 24.0 Å². The molecule has 0 aromatic heterocycles. The van der Waals surface area contributed by atoms with Crippen LogP contribution in [0.5, 0.6) is 5.75 Å². The Morgan fingerprint density at radius 3 is 2.11 bits per heavy atom. The van der Waals surface area contributed by atoms with Crippen LogP contribution in [0.1, 0.15) is 115 Å². The lowest BCUT2D eigenvalue weighted by atomic mass is 9.96. The number of aromatic hydroxyl groups is 1. The van der Waals surface area contributed by atoms with Gasteiger partial charge >= 0.3 is 6.09 Å². The van der Waals surface area contributed by atoms with Crippen molar-refractivity contribution in [1.82, 2.24) is 15.5 Å². The number of unbranched alkanes of at least 4 members (excludes halogenated alkanes) is 7. The number of phenolic OH excluding ortho intramolecular Hbond substituents is 1. The zero-order chi connectivity index (χ0) is 32.5. The summed E-state index contributed by atoms with van der Waals surface area (Å²) in [6.07, 6.45) is 8.54. The van der Waals surface area contributed by atoms with Crippen LogP contribution in [-0.4, -0.2) is 52.6 Å². The molecule has 8 nitrogen and oxygen atoms in total. The molecule has 44 heavy (non-hydrogen) atoms. The fourth-order valence-electron chi connectivity index (χ4n) is 5.17. The summed E-state index contributed by atoms with van der Waals surface area (Å²) in [6, 6.07) is 12.4. The van der Waals surface area contributed by atoms with Crippen molar-refractivity contribution in [3.05, 3.63) is 65.2 Å². The molecule has 8 heteroatoms. The van der Waals surface area contributed by atoms with Gasteiger partial charge in [0, 0.05) is 19.5 Å². The van der Waals surface area contributed by atoms with Crippen LogP contribution in [-0.2, 0) is 20.7 Å². The molecule has 0 aliphatic rings. The first-order valence-electron chi connectivity index (χ1n) is 16.4. The standard InChI is InChI=1S/C36H55N3O5/c1-7-9-11-12-13-17-25-39(32(30-19-15-14-18-27(30)3)33(41)37-24-16-10-8-2)34(42)31(38-35(43)44-36(4,5)6)26-28-20-22-29(40)23-21-28/h14-15,18-23,31-32,40H,7-13,16-17,24-26H2,1-6H3,(H,37,41)(H,38,43). The van der Waals surface area contributed by atoms with Gasteiger partial charge in [-0.2, -0.15) is 0 Å². The van der Waals surface area contributed by atoms with Gasteiger partial charge in [-0.15, -0.1) is 0 Å². The van der Waals surface area contributed by atoms with Crippen molar-refractivity contribution in [2.75, 3.05) is 13.1 Å². The lowest BCUT2D eigenvalue weighted by molar-refractivity contribution is -0.142. The minimum Gasteiger partial charge on any atom is -0.508 e. The van der Waals surface area contributed by atoms with E-state index < -0.39 is 23.8 Å². The Hall–Kier alpha value is -3.55. The van der Waals surface area contributed by atoms with E-state index in [1.165, 1.54) is 6.42 Å². The molecule has 3 N–H and O–H groups in total. The number of benzene rings is 2. The molecule has 0 radical (unpaired) electrons. The summed E-state index contributed by atoms with van der Waals surface area (Å²) in [6.45, 7) is 12.5. The highest BCUT2D eigenvalue weighted by Crippen LogP contribution is 2.27. The molecule has 0 saturated heterocycles. The molecule has 0 bridgehead atoms. The summed E-state index contributed by atoms with van der Waals surface area (Å²) in [5, 5.41) is 15.7. The second-order valence-electron chi connectivity index (χ2n) is 12.6. The second kappa shape index (κ2) is 19.0. The van der Waals surface area contributed by atoms with Gasteiger partial charge in [-0.05, 0) is 69.4 Å². The maximum atomic E-state index is 14.6. The van der Waals surface area contributed by atoms with Crippen molar-refractivity contribution in [2.24, 2.45) is 0 Å². The van der Waals surface area contributed by atoms with Gasteiger partial charge in [-0.1, -0.05) is 95.2 Å². The summed E-state index contributed by atoms with van der Waals surface area (Å²) in [5.41, 5.74) is 1.68. The number of nitrogens with one attached hydrogen (secondary N) is 2. The van der Waals surface area contributed by atoms with Crippen LogP contribution >= 0.6 is 0 Å². The molecule has 2 rings (SSSR count). The summed E-state index contributed by atoms with van der Waals surface area (Å²) in [5.74, 6) is -0.467. The zero-order valence-corrected chi connectivity index (χ0v) is 27.8. The normalized spacial score (nSPS) is 12.7. The Labute approximate surface area is 264 Å². The number of amides is 3. The topological polar surface area (TPSA) is 108 Å². The van der Waals surface area contributed by atoms with Crippen molar-refractivity contribution in [3.63, 3.8) is 0 Å². The van der Waals surface area contributed by atoms with Crippen LogP contribution < -0.4 is 10.6 Å². The predicted molar refractivity (Wildman–Crippen MR) is 177 cm³/mol. The number of carbonyl (C=O) groups excluding carboxylic acids is 3. The number of hydrogen-bond acceptors (Lipinski definition) is 5. The Morgan fingerprint density at radius 1 is 0.864 bits per heavy atom. The highest BCUT2D eigenvalue weighted by molar-refractivity contribution is 5.92. The quantitative estimate of drug-likeness (QED) is 0.153. The van der Waals surface area contributed by atoms with Gasteiger partial charge in [0.05, 0.1) is 0 Å². The van der Waals surface area contributed by atoms with Crippen molar-refractivity contribution in [2.45, 2.75) is 123 Å². The molecule has 0 saturated carbocycles. The van der Waals surface area contributed by atoms with Crippen LogP contribution in [0, 0.1) is 6.92 Å². The van der Waals surface area contributed by atoms with E-state index in [0.717, 1.165) is 68.1 Å². The van der Waals surface area contributed by atoms with Gasteiger partial charge < -0.3 is 25.4 Å². The maximum Gasteiger partial charge on any atom is 0.408 e. The largest absolute Gasteiger partial charge is 0.508 e. The molecule has 244 valence electrons. The summed E-state index contributed by atoms with van der Waals surface area (Å²) in [7, 11) is 0. The molecule has 2 aromatic carbocycles. The molecule has 0 aliphatic carbocycles. The third-order valence-electron chi connectivity index (χ3n) is 7.52. The van der Waals surface area contributed by atoms with E-state index in [0.29, 0.717) is 13.1 Å². The number of nitrogens with zero attached hydrogens (tertiary/aromatic N) is 1. The monoisotopic (exact) mass is 609 g/mol. The minimum absolute atomic E-state index is 0.112. The second-order valence-corrected chi connectivity index (χ2v) is 12.6. The molecule has 0 heterocycles. The Bertz CT molecular complexity index is 1160. The van der Waals surface area contributed by atoms with E-state index >= 15 is 0 Å². The molecule has 0 spiro atoms. The molecule has 2 aromatic rings. The third-order valence-corrected chi connectivity index (χ3v) is 7.52. The van der Waals surface area contributed by atoms with Gasteiger partial charge in [-0.25, -0.2) is 4.79 Å². The molecule has 3 amide bonds. The molecular weight excluding hydrogens is 554 g/mol. The van der Waals surface area contributed by atoms with E-state index in [2.05, 4.69) is 24.5 Å². The molecule has 2 atom stereocenters. The maximum absolute atomic E-state index is 14.6. The molecule has 0 fully saturated rings. The molecular formula is C36H55N3O5. The highest BCUT2D eigenvalue weighted by Gasteiger charge is 2.36. The first-order valence-corrected chi connectivity index (χ1v) is 16.4. The Balaban J connectivity index is 2.51. The average Bonchev–Trinajstić information content (AvgIpc) is 2.96. The van der Waals surface area contributed by atoms with Crippen LogP contribution in [0.15, 0.2) is 48.5 Å². The number of phenols is 1. The van der Waals surface area contributed by atoms with Gasteiger partial charge in [0.15, 0.2) is 0 Å². The number of aryl methyl sites for hydroxylation is 1. The van der Waals surface area contributed by atoms with Crippen LogP contribution in [0.3, 0.4) is 0 Å². The Kier molecular flexibility index (Phi) is 15.8. The minimum atomic E-state index is -0.992. The van der Waals surface area contributed by atoms with Crippen molar-refractivity contribution in [1.29, 1.82) is 0 Å². The molecule has 2 unspecified atom stereocenters. The number of alkyl carbamates (subject to hydrolysis) is 1.